The summed E-state index contributed by atoms with van der Waals surface area (Å²) in [5, 5.41) is 11.2. The Labute approximate surface area is 156 Å². The molecule has 0 bridgehead atoms. The van der Waals surface area contributed by atoms with Crippen molar-refractivity contribution in [3.05, 3.63) is 71.7 Å². The van der Waals surface area contributed by atoms with Gasteiger partial charge in [0.1, 0.15) is 5.58 Å². The largest absolute Gasteiger partial charge is 0.451 e. The molecule has 0 saturated heterocycles. The molecule has 0 saturated carbocycles. The van der Waals surface area contributed by atoms with Crippen LogP contribution in [0.1, 0.15) is 21.7 Å². The molecule has 4 aromatic rings. The summed E-state index contributed by atoms with van der Waals surface area (Å²) in [5.74, 6) is 0.0145. The number of nitrogens with zero attached hydrogens (tertiary/aromatic N) is 2. The second kappa shape index (κ2) is 6.64. The minimum absolute atomic E-state index is 0.278. The Morgan fingerprint density at radius 3 is 2.59 bits per heavy atom. The number of anilines is 3. The molecule has 0 aliphatic rings. The van der Waals surface area contributed by atoms with Crippen molar-refractivity contribution < 1.29 is 9.21 Å². The van der Waals surface area contributed by atoms with Crippen molar-refractivity contribution in [1.82, 2.24) is 9.78 Å². The van der Waals surface area contributed by atoms with Gasteiger partial charge < -0.3 is 15.1 Å². The average molecular weight is 360 g/mol. The molecule has 0 aliphatic carbocycles. The Morgan fingerprint density at radius 2 is 1.81 bits per heavy atom. The maximum Gasteiger partial charge on any atom is 0.291 e. The zero-order valence-electron chi connectivity index (χ0n) is 15.4. The average Bonchev–Trinajstić information content (AvgIpc) is 3.21. The first-order valence-electron chi connectivity index (χ1n) is 8.66. The van der Waals surface area contributed by atoms with E-state index in [1.807, 2.05) is 63.5 Å². The first-order chi connectivity index (χ1) is 13.0. The quantitative estimate of drug-likeness (QED) is 0.549. The van der Waals surface area contributed by atoms with E-state index >= 15 is 0 Å². The lowest BCUT2D eigenvalue weighted by atomic mass is 10.1. The lowest BCUT2D eigenvalue weighted by Gasteiger charge is -2.07. The van der Waals surface area contributed by atoms with Gasteiger partial charge in [0.15, 0.2) is 5.76 Å². The van der Waals surface area contributed by atoms with E-state index in [0.29, 0.717) is 11.4 Å². The van der Waals surface area contributed by atoms with Crippen LogP contribution in [-0.2, 0) is 7.05 Å². The minimum atomic E-state index is -0.278. The van der Waals surface area contributed by atoms with Crippen molar-refractivity contribution in [1.29, 1.82) is 0 Å². The number of hydrogen-bond donors (Lipinski definition) is 2. The van der Waals surface area contributed by atoms with Gasteiger partial charge in [0.25, 0.3) is 5.91 Å². The van der Waals surface area contributed by atoms with Gasteiger partial charge in [0.2, 0.25) is 0 Å². The number of furan rings is 1. The number of aromatic nitrogens is 2. The molecule has 2 aromatic carbocycles. The van der Waals surface area contributed by atoms with E-state index in [9.17, 15) is 4.79 Å². The predicted octanol–water partition coefficient (Wildman–Crippen LogP) is 4.78. The highest BCUT2D eigenvalue weighted by molar-refractivity contribution is 6.05. The molecule has 0 aliphatic heterocycles. The first kappa shape index (κ1) is 16.9. The van der Waals surface area contributed by atoms with Crippen LogP contribution in [0.15, 0.2) is 59.3 Å². The molecule has 2 heterocycles. The van der Waals surface area contributed by atoms with Crippen LogP contribution < -0.4 is 10.6 Å². The molecule has 0 atom stereocenters. The summed E-state index contributed by atoms with van der Waals surface area (Å²) in [7, 11) is 1.86. The SMILES string of the molecule is Cc1cc2cc(C(=O)Nc3cccc(Nc4cnn(C)c4)c3)oc2cc1C. The van der Waals surface area contributed by atoms with Gasteiger partial charge >= 0.3 is 0 Å². The van der Waals surface area contributed by atoms with Gasteiger partial charge in [-0.15, -0.1) is 0 Å². The maximum absolute atomic E-state index is 12.6. The summed E-state index contributed by atoms with van der Waals surface area (Å²) in [5.41, 5.74) is 5.44. The van der Waals surface area contributed by atoms with Crippen LogP contribution in [0, 0.1) is 13.8 Å². The molecule has 136 valence electrons. The number of fused-ring (bicyclic) bond motifs is 1. The highest BCUT2D eigenvalue weighted by atomic mass is 16.3. The van der Waals surface area contributed by atoms with Crippen LogP contribution in [0.5, 0.6) is 0 Å². The molecule has 4 rings (SSSR count). The summed E-state index contributed by atoms with van der Waals surface area (Å²) in [4.78, 5) is 12.6. The topological polar surface area (TPSA) is 72.1 Å². The number of hydrogen-bond acceptors (Lipinski definition) is 4. The molecular formula is C21H20N4O2. The fourth-order valence-corrected chi connectivity index (χ4v) is 2.93. The molecule has 2 N–H and O–H groups in total. The second-order valence-electron chi connectivity index (χ2n) is 6.65. The van der Waals surface area contributed by atoms with Crippen LogP contribution in [0.2, 0.25) is 0 Å². The lowest BCUT2D eigenvalue weighted by Crippen LogP contribution is -2.10. The van der Waals surface area contributed by atoms with Gasteiger partial charge in [-0.1, -0.05) is 6.07 Å². The van der Waals surface area contributed by atoms with E-state index in [2.05, 4.69) is 15.7 Å². The Balaban J connectivity index is 1.53. The number of amides is 1. The molecule has 0 fully saturated rings. The van der Waals surface area contributed by atoms with Gasteiger partial charge in [-0.2, -0.15) is 5.10 Å². The zero-order chi connectivity index (χ0) is 19.0. The molecule has 0 unspecified atom stereocenters. The smallest absolute Gasteiger partial charge is 0.291 e. The fraction of sp³-hybridized carbons (Fsp3) is 0.143. The van der Waals surface area contributed by atoms with Crippen molar-refractivity contribution in [2.24, 2.45) is 7.05 Å². The zero-order valence-corrected chi connectivity index (χ0v) is 15.4. The summed E-state index contributed by atoms with van der Waals surface area (Å²) < 4.78 is 7.45. The van der Waals surface area contributed by atoms with Gasteiger partial charge in [0, 0.05) is 30.0 Å². The summed E-state index contributed by atoms with van der Waals surface area (Å²) in [6, 6.07) is 13.3. The monoisotopic (exact) mass is 360 g/mol. The summed E-state index contributed by atoms with van der Waals surface area (Å²) >= 11 is 0. The summed E-state index contributed by atoms with van der Waals surface area (Å²) in [6.07, 6.45) is 3.62. The molecule has 6 nitrogen and oxygen atoms in total. The third-order valence-corrected chi connectivity index (χ3v) is 4.47. The van der Waals surface area contributed by atoms with Gasteiger partial charge in [-0.25, -0.2) is 0 Å². The van der Waals surface area contributed by atoms with Gasteiger partial charge in [-0.3, -0.25) is 9.48 Å². The van der Waals surface area contributed by atoms with Crippen molar-refractivity contribution in [2.45, 2.75) is 13.8 Å². The highest BCUT2D eigenvalue weighted by Crippen LogP contribution is 2.25. The Morgan fingerprint density at radius 1 is 1.04 bits per heavy atom. The molecule has 1 amide bonds. The van der Waals surface area contributed by atoms with Crippen LogP contribution >= 0.6 is 0 Å². The third kappa shape index (κ3) is 3.55. The van der Waals surface area contributed by atoms with Gasteiger partial charge in [-0.05, 0) is 61.4 Å². The Kier molecular flexibility index (Phi) is 4.16. The van der Waals surface area contributed by atoms with Crippen molar-refractivity contribution >= 4 is 33.9 Å². The Bertz CT molecular complexity index is 1100. The fourth-order valence-electron chi connectivity index (χ4n) is 2.93. The third-order valence-electron chi connectivity index (χ3n) is 4.47. The van der Waals surface area contributed by atoms with E-state index < -0.39 is 0 Å². The number of carbonyl (C=O) groups is 1. The molecule has 2 aromatic heterocycles. The van der Waals surface area contributed by atoms with Crippen molar-refractivity contribution in [2.75, 3.05) is 10.6 Å². The van der Waals surface area contributed by atoms with E-state index in [-0.39, 0.29) is 5.91 Å². The van der Waals surface area contributed by atoms with E-state index in [1.54, 1.807) is 16.9 Å². The van der Waals surface area contributed by atoms with Crippen LogP contribution in [0.25, 0.3) is 11.0 Å². The lowest BCUT2D eigenvalue weighted by molar-refractivity contribution is 0.0998. The van der Waals surface area contributed by atoms with E-state index in [0.717, 1.165) is 27.9 Å². The maximum atomic E-state index is 12.6. The molecule has 0 radical (unpaired) electrons. The number of carbonyl (C=O) groups excluding carboxylic acids is 1. The predicted molar refractivity (Wildman–Crippen MR) is 107 cm³/mol. The highest BCUT2D eigenvalue weighted by Gasteiger charge is 2.13. The van der Waals surface area contributed by atoms with Crippen LogP contribution in [0.3, 0.4) is 0 Å². The molecule has 27 heavy (non-hydrogen) atoms. The second-order valence-corrected chi connectivity index (χ2v) is 6.65. The van der Waals surface area contributed by atoms with E-state index in [1.165, 1.54) is 5.56 Å². The number of rotatable bonds is 4. The first-order valence-corrected chi connectivity index (χ1v) is 8.66. The number of aryl methyl sites for hydroxylation is 3. The molecule has 6 heteroatoms. The molecule has 0 spiro atoms. The van der Waals surface area contributed by atoms with E-state index in [4.69, 9.17) is 4.42 Å². The van der Waals surface area contributed by atoms with Crippen LogP contribution in [0.4, 0.5) is 17.1 Å². The Hall–Kier alpha value is -3.54. The van der Waals surface area contributed by atoms with Crippen molar-refractivity contribution in [3.8, 4) is 0 Å². The minimum Gasteiger partial charge on any atom is -0.451 e. The molecular weight excluding hydrogens is 340 g/mol. The van der Waals surface area contributed by atoms with Crippen molar-refractivity contribution in [3.63, 3.8) is 0 Å². The van der Waals surface area contributed by atoms with Gasteiger partial charge in [0.05, 0.1) is 11.9 Å². The normalized spacial score (nSPS) is 10.9. The summed E-state index contributed by atoms with van der Waals surface area (Å²) in [6.45, 7) is 4.07. The number of nitrogens with one attached hydrogen (secondary N) is 2. The standard InChI is InChI=1S/C21H20N4O2/c1-13-7-15-9-20(27-19(15)8-14(13)2)21(26)24-17-6-4-5-16(10-17)23-18-11-22-25(3)12-18/h4-12,23H,1-3H3,(H,24,26). The number of benzene rings is 2. The van der Waals surface area contributed by atoms with Crippen LogP contribution in [-0.4, -0.2) is 15.7 Å².